The third-order valence-corrected chi connectivity index (χ3v) is 8.86. The van der Waals surface area contributed by atoms with Crippen molar-refractivity contribution < 1.29 is 14.3 Å². The molecule has 5 rings (SSSR count). The second-order valence-corrected chi connectivity index (χ2v) is 12.0. The topological polar surface area (TPSA) is 147 Å². The van der Waals surface area contributed by atoms with Crippen LogP contribution in [0.3, 0.4) is 0 Å². The van der Waals surface area contributed by atoms with Gasteiger partial charge in [-0.25, -0.2) is 4.98 Å². The van der Waals surface area contributed by atoms with Gasteiger partial charge in [-0.1, -0.05) is 35.2 Å². The molecule has 204 valence electrons. The minimum atomic E-state index is -0.572. The molecular formula is C27H24BrN7O3S2. The van der Waals surface area contributed by atoms with E-state index in [1.54, 1.807) is 23.2 Å². The first-order chi connectivity index (χ1) is 19.4. The molecule has 0 saturated heterocycles. The van der Waals surface area contributed by atoms with Crippen molar-refractivity contribution in [3.63, 3.8) is 0 Å². The Balaban J connectivity index is 1.41. The molecule has 10 nitrogen and oxygen atoms in total. The van der Waals surface area contributed by atoms with Crippen LogP contribution in [-0.4, -0.2) is 39.2 Å². The standard InChI is InChI=1S/C27H24BrN7O3S2/c1-2-38-17-9-6-15(7-10-17)23-18(12-29)25(30)35(19-4-3-5-20(36)24(19)23)26-33-34-27(40-26)39-14-22(37)32-21-11-8-16(28)13-31-21/h6-11,13,23H,2-5,14,30H2,1H3,(H,31,32,37). The molecule has 0 bridgehead atoms. The average molecular weight is 639 g/mol. The van der Waals surface area contributed by atoms with Crippen molar-refractivity contribution in [2.75, 3.05) is 22.6 Å². The second-order valence-electron chi connectivity index (χ2n) is 8.87. The third-order valence-electron chi connectivity index (χ3n) is 6.35. The molecule has 0 radical (unpaired) electrons. The molecule has 1 aliphatic carbocycles. The number of hydrogen-bond acceptors (Lipinski definition) is 11. The Morgan fingerprint density at radius 1 is 1.27 bits per heavy atom. The van der Waals surface area contributed by atoms with E-state index in [2.05, 4.69) is 42.5 Å². The van der Waals surface area contributed by atoms with Crippen molar-refractivity contribution in [3.05, 3.63) is 75.3 Å². The summed E-state index contributed by atoms with van der Waals surface area (Å²) in [6, 6.07) is 13.2. The molecule has 0 fully saturated rings. The zero-order valence-corrected chi connectivity index (χ0v) is 24.6. The molecule has 1 aliphatic heterocycles. The maximum atomic E-state index is 13.3. The predicted molar refractivity (Wildman–Crippen MR) is 157 cm³/mol. The fourth-order valence-electron chi connectivity index (χ4n) is 4.67. The van der Waals surface area contributed by atoms with Gasteiger partial charge in [-0.3, -0.25) is 14.5 Å². The molecule has 1 unspecified atom stereocenters. The molecule has 1 atom stereocenters. The number of carbonyl (C=O) groups excluding carboxylic acids is 2. The molecule has 0 spiro atoms. The highest BCUT2D eigenvalue weighted by Crippen LogP contribution is 2.47. The second kappa shape index (κ2) is 12.2. The lowest BCUT2D eigenvalue weighted by Gasteiger charge is -2.38. The van der Waals surface area contributed by atoms with Crippen molar-refractivity contribution in [1.82, 2.24) is 15.2 Å². The van der Waals surface area contributed by atoms with Gasteiger partial charge in [0.1, 0.15) is 17.4 Å². The number of ketones is 1. The highest BCUT2D eigenvalue weighted by Gasteiger charge is 2.41. The van der Waals surface area contributed by atoms with Crippen molar-refractivity contribution in [3.8, 4) is 11.8 Å². The predicted octanol–water partition coefficient (Wildman–Crippen LogP) is 5.13. The van der Waals surface area contributed by atoms with Crippen LogP contribution in [0.15, 0.2) is 74.1 Å². The molecule has 40 heavy (non-hydrogen) atoms. The number of halogens is 1. The van der Waals surface area contributed by atoms with Gasteiger partial charge in [0.2, 0.25) is 11.0 Å². The first-order valence-electron chi connectivity index (χ1n) is 12.5. The Labute approximate surface area is 247 Å². The van der Waals surface area contributed by atoms with Crippen LogP contribution in [0.1, 0.15) is 37.7 Å². The zero-order chi connectivity index (χ0) is 28.2. The smallest absolute Gasteiger partial charge is 0.235 e. The fraction of sp³-hybridized carbons (Fsp3) is 0.259. The van der Waals surface area contributed by atoms with Crippen molar-refractivity contribution in [2.24, 2.45) is 5.73 Å². The Kier molecular flexibility index (Phi) is 8.49. The number of carbonyl (C=O) groups is 2. The number of ether oxygens (including phenoxy) is 1. The van der Waals surface area contributed by atoms with Gasteiger partial charge in [0.15, 0.2) is 10.1 Å². The summed E-state index contributed by atoms with van der Waals surface area (Å²) in [5.74, 6) is 0.672. The van der Waals surface area contributed by atoms with E-state index in [4.69, 9.17) is 10.5 Å². The number of allylic oxidation sites excluding steroid dienone is 3. The van der Waals surface area contributed by atoms with Crippen LogP contribution in [0.2, 0.25) is 0 Å². The quantitative estimate of drug-likeness (QED) is 0.318. The minimum absolute atomic E-state index is 0.0114. The van der Waals surface area contributed by atoms with E-state index in [0.29, 0.717) is 52.5 Å². The summed E-state index contributed by atoms with van der Waals surface area (Å²) in [6.07, 6.45) is 3.28. The van der Waals surface area contributed by atoms with Gasteiger partial charge < -0.3 is 15.8 Å². The van der Waals surface area contributed by atoms with E-state index < -0.39 is 5.92 Å². The lowest BCUT2D eigenvalue weighted by atomic mass is 9.76. The molecular weight excluding hydrogens is 614 g/mol. The molecule has 1 aromatic carbocycles. The number of thioether (sulfide) groups is 1. The van der Waals surface area contributed by atoms with E-state index in [-0.39, 0.29) is 28.8 Å². The number of rotatable bonds is 8. The summed E-state index contributed by atoms with van der Waals surface area (Å²) in [5, 5.41) is 21.9. The molecule has 2 aliphatic rings. The third kappa shape index (κ3) is 5.74. The monoisotopic (exact) mass is 637 g/mol. The van der Waals surface area contributed by atoms with Crippen LogP contribution in [0, 0.1) is 11.3 Å². The summed E-state index contributed by atoms with van der Waals surface area (Å²) >= 11 is 5.79. The largest absolute Gasteiger partial charge is 0.494 e. The maximum absolute atomic E-state index is 13.3. The van der Waals surface area contributed by atoms with Crippen LogP contribution >= 0.6 is 39.0 Å². The van der Waals surface area contributed by atoms with Crippen LogP contribution in [0.25, 0.3) is 0 Å². The number of nitrogens with one attached hydrogen (secondary N) is 1. The van der Waals surface area contributed by atoms with E-state index >= 15 is 0 Å². The number of benzene rings is 1. The summed E-state index contributed by atoms with van der Waals surface area (Å²) < 4.78 is 6.93. The van der Waals surface area contributed by atoms with Gasteiger partial charge in [0.25, 0.3) is 0 Å². The number of nitriles is 1. The highest BCUT2D eigenvalue weighted by atomic mass is 79.9. The Morgan fingerprint density at radius 3 is 2.77 bits per heavy atom. The summed E-state index contributed by atoms with van der Waals surface area (Å²) in [6.45, 7) is 2.45. The van der Waals surface area contributed by atoms with Crippen LogP contribution in [-0.2, 0) is 9.59 Å². The fourth-order valence-corrected chi connectivity index (χ4v) is 6.58. The van der Waals surface area contributed by atoms with E-state index in [1.807, 2.05) is 31.2 Å². The lowest BCUT2D eigenvalue weighted by Crippen LogP contribution is -2.38. The molecule has 3 aromatic rings. The Morgan fingerprint density at radius 2 is 2.08 bits per heavy atom. The van der Waals surface area contributed by atoms with Crippen LogP contribution < -0.4 is 20.7 Å². The van der Waals surface area contributed by atoms with Gasteiger partial charge in [0.05, 0.1) is 29.9 Å². The maximum Gasteiger partial charge on any atom is 0.235 e. The number of anilines is 2. The van der Waals surface area contributed by atoms with Crippen molar-refractivity contribution in [2.45, 2.75) is 36.4 Å². The van der Waals surface area contributed by atoms with Crippen LogP contribution in [0.5, 0.6) is 5.75 Å². The first-order valence-corrected chi connectivity index (χ1v) is 15.1. The highest BCUT2D eigenvalue weighted by molar-refractivity contribution is 9.10. The molecule has 2 aromatic heterocycles. The van der Waals surface area contributed by atoms with Gasteiger partial charge in [-0.2, -0.15) is 5.26 Å². The van der Waals surface area contributed by atoms with E-state index in [9.17, 15) is 14.9 Å². The number of hydrogen-bond donors (Lipinski definition) is 2. The minimum Gasteiger partial charge on any atom is -0.494 e. The average Bonchev–Trinajstić information content (AvgIpc) is 3.42. The van der Waals surface area contributed by atoms with Gasteiger partial charge in [-0.05, 0) is 65.5 Å². The molecule has 3 heterocycles. The summed E-state index contributed by atoms with van der Waals surface area (Å²) in [4.78, 5) is 31.5. The van der Waals surface area contributed by atoms with Crippen molar-refractivity contribution in [1.29, 1.82) is 5.26 Å². The van der Waals surface area contributed by atoms with Gasteiger partial charge >= 0.3 is 0 Å². The molecule has 1 amide bonds. The SMILES string of the molecule is CCOc1ccc(C2C(C#N)=C(N)N(c3nnc(SCC(=O)Nc4ccc(Br)cn4)s3)C3=C2C(=O)CCC3)cc1. The number of nitrogens with two attached hydrogens (primary N) is 1. The van der Waals surface area contributed by atoms with Gasteiger partial charge in [0, 0.05) is 28.4 Å². The zero-order valence-electron chi connectivity index (χ0n) is 21.4. The lowest BCUT2D eigenvalue weighted by molar-refractivity contribution is -0.116. The number of nitrogens with zero attached hydrogens (tertiary/aromatic N) is 5. The van der Waals surface area contributed by atoms with E-state index in [1.165, 1.54) is 23.1 Å². The Bertz CT molecular complexity index is 1550. The molecule has 0 saturated carbocycles. The number of Topliss-reactive ketones (excluding diaryl/α,β-unsaturated/α-hetero) is 1. The molecule has 3 N–H and O–H groups in total. The van der Waals surface area contributed by atoms with E-state index in [0.717, 1.165) is 15.7 Å². The number of amides is 1. The summed E-state index contributed by atoms with van der Waals surface area (Å²) in [5.41, 5.74) is 9.00. The first kappa shape index (κ1) is 27.8. The van der Waals surface area contributed by atoms with Gasteiger partial charge in [-0.15, -0.1) is 10.2 Å². The number of aromatic nitrogens is 3. The summed E-state index contributed by atoms with van der Waals surface area (Å²) in [7, 11) is 0. The molecule has 13 heteroatoms. The Hall–Kier alpha value is -3.73. The normalized spacial score (nSPS) is 17.0. The number of pyridine rings is 1. The van der Waals surface area contributed by atoms with Crippen LogP contribution in [0.4, 0.5) is 10.9 Å². The van der Waals surface area contributed by atoms with Crippen molar-refractivity contribution >= 4 is 61.7 Å².